The molecule has 0 saturated carbocycles. The van der Waals surface area contributed by atoms with Crippen LogP contribution in [-0.2, 0) is 10.9 Å². The van der Waals surface area contributed by atoms with E-state index in [0.29, 0.717) is 5.69 Å². The van der Waals surface area contributed by atoms with Crippen LogP contribution in [-0.4, -0.2) is 33.9 Å². The van der Waals surface area contributed by atoms with Crippen LogP contribution in [0.5, 0.6) is 0 Å². The summed E-state index contributed by atoms with van der Waals surface area (Å²) < 4.78 is 23.4. The van der Waals surface area contributed by atoms with E-state index < -0.39 is 10.9 Å². The number of anilines is 2. The third kappa shape index (κ3) is 6.61. The highest BCUT2D eigenvalue weighted by Gasteiger charge is 1.94. The summed E-state index contributed by atoms with van der Waals surface area (Å²) in [5.74, 6) is -0.0917. The number of guanidine groups is 1. The Labute approximate surface area is 152 Å². The highest BCUT2D eigenvalue weighted by molar-refractivity contribution is 7.73. The molecular formula is C16H19N7O2S. The standard InChI is InChI=1S/C16H19N7O2S/c1-18-14-6-2-12(3-7-14)10-19-21-16(17)22-20-11-13-4-8-15(9-5-13)23-26(24)25/h2-11,18,26H,1H3,(H3,17,21,22)(H,23,24,25)/b19-10+,20-11+. The minimum absolute atomic E-state index is 0.0917. The van der Waals surface area contributed by atoms with Crippen LogP contribution >= 0.6 is 0 Å². The van der Waals surface area contributed by atoms with Crippen LogP contribution < -0.4 is 20.9 Å². The molecule has 0 aliphatic carbocycles. The van der Waals surface area contributed by atoms with E-state index >= 15 is 0 Å². The van der Waals surface area contributed by atoms with Crippen LogP contribution in [0.15, 0.2) is 58.7 Å². The minimum Gasteiger partial charge on any atom is -0.388 e. The molecular weight excluding hydrogens is 354 g/mol. The van der Waals surface area contributed by atoms with Gasteiger partial charge < -0.3 is 5.32 Å². The Morgan fingerprint density at radius 3 is 1.77 bits per heavy atom. The maximum Gasteiger partial charge on any atom is 0.230 e. The molecule has 136 valence electrons. The number of nitrogens with zero attached hydrogens (tertiary/aromatic N) is 2. The lowest BCUT2D eigenvalue weighted by Gasteiger charge is -2.02. The number of hydrogen-bond acceptors (Lipinski definition) is 6. The van der Waals surface area contributed by atoms with E-state index in [1.165, 1.54) is 6.21 Å². The molecule has 0 bridgehead atoms. The van der Waals surface area contributed by atoms with Crippen molar-refractivity contribution in [2.45, 2.75) is 0 Å². The number of nitrogens with one attached hydrogen (secondary N) is 5. The molecule has 2 aromatic carbocycles. The van der Waals surface area contributed by atoms with Crippen molar-refractivity contribution in [1.82, 2.24) is 10.9 Å². The summed E-state index contributed by atoms with van der Waals surface area (Å²) in [6.45, 7) is 0. The van der Waals surface area contributed by atoms with Crippen molar-refractivity contribution >= 4 is 40.7 Å². The maximum atomic E-state index is 10.6. The van der Waals surface area contributed by atoms with Gasteiger partial charge in [-0.25, -0.2) is 19.3 Å². The molecule has 5 N–H and O–H groups in total. The average Bonchev–Trinajstić information content (AvgIpc) is 2.63. The third-order valence-electron chi connectivity index (χ3n) is 3.11. The molecule has 2 rings (SSSR count). The lowest BCUT2D eigenvalue weighted by molar-refractivity contribution is 0.619. The summed E-state index contributed by atoms with van der Waals surface area (Å²) in [5.41, 5.74) is 8.10. The summed E-state index contributed by atoms with van der Waals surface area (Å²) in [6, 6.07) is 14.2. The molecule has 0 unspecified atom stereocenters. The number of hydrazone groups is 2. The van der Waals surface area contributed by atoms with E-state index in [1.54, 1.807) is 30.5 Å². The molecule has 9 nitrogen and oxygen atoms in total. The lowest BCUT2D eigenvalue weighted by Crippen LogP contribution is -2.29. The van der Waals surface area contributed by atoms with Crippen LogP contribution in [0.3, 0.4) is 0 Å². The normalized spacial score (nSPS) is 11.0. The zero-order chi connectivity index (χ0) is 18.8. The van der Waals surface area contributed by atoms with Gasteiger partial charge in [-0.05, 0) is 35.4 Å². The molecule has 0 spiro atoms. The second-order valence-corrected chi connectivity index (χ2v) is 5.72. The van der Waals surface area contributed by atoms with Crippen molar-refractivity contribution in [1.29, 1.82) is 5.41 Å². The van der Waals surface area contributed by atoms with Gasteiger partial charge in [0, 0.05) is 18.4 Å². The van der Waals surface area contributed by atoms with Crippen molar-refractivity contribution in [3.05, 3.63) is 59.7 Å². The van der Waals surface area contributed by atoms with Crippen molar-refractivity contribution in [2.75, 3.05) is 17.1 Å². The first-order valence-corrected chi connectivity index (χ1v) is 8.70. The van der Waals surface area contributed by atoms with E-state index in [-0.39, 0.29) is 5.96 Å². The van der Waals surface area contributed by atoms with Gasteiger partial charge in [-0.15, -0.1) is 0 Å². The number of thiol groups is 1. The molecule has 0 atom stereocenters. The second-order valence-electron chi connectivity index (χ2n) is 4.98. The van der Waals surface area contributed by atoms with Crippen LogP contribution in [0.2, 0.25) is 0 Å². The SMILES string of the molecule is CNc1ccc(/C=N/NC(=N)N/N=C/c2ccc(N[SH](=O)=O)cc2)cc1. The lowest BCUT2D eigenvalue weighted by atomic mass is 10.2. The number of hydrogen-bond donors (Lipinski definition) is 6. The molecule has 0 aromatic heterocycles. The number of rotatable bonds is 7. The quantitative estimate of drug-likeness (QED) is 0.188. The molecule has 10 heteroatoms. The van der Waals surface area contributed by atoms with E-state index in [4.69, 9.17) is 5.41 Å². The predicted molar refractivity (Wildman–Crippen MR) is 106 cm³/mol. The molecule has 0 aliphatic rings. The molecule has 2 aromatic rings. The van der Waals surface area contributed by atoms with Crippen LogP contribution in [0.1, 0.15) is 11.1 Å². The molecule has 0 amide bonds. The van der Waals surface area contributed by atoms with E-state index in [2.05, 4.69) is 31.1 Å². The molecule has 0 radical (unpaired) electrons. The largest absolute Gasteiger partial charge is 0.388 e. The zero-order valence-electron chi connectivity index (χ0n) is 13.9. The average molecular weight is 373 g/mol. The summed E-state index contributed by atoms with van der Waals surface area (Å²) in [7, 11) is -0.835. The highest BCUT2D eigenvalue weighted by Crippen LogP contribution is 2.08. The fraction of sp³-hybridized carbons (Fsp3) is 0.0625. The molecule has 0 aliphatic heterocycles. The predicted octanol–water partition coefficient (Wildman–Crippen LogP) is 1.15. The van der Waals surface area contributed by atoms with Gasteiger partial charge in [-0.2, -0.15) is 10.2 Å². The Balaban J connectivity index is 1.78. The smallest absolute Gasteiger partial charge is 0.230 e. The highest BCUT2D eigenvalue weighted by atomic mass is 32.2. The minimum atomic E-state index is -2.68. The van der Waals surface area contributed by atoms with Gasteiger partial charge in [-0.1, -0.05) is 24.3 Å². The number of benzene rings is 2. The van der Waals surface area contributed by atoms with Crippen LogP contribution in [0, 0.1) is 5.41 Å². The van der Waals surface area contributed by atoms with Crippen LogP contribution in [0.4, 0.5) is 11.4 Å². The maximum absolute atomic E-state index is 10.6. The second kappa shape index (κ2) is 9.79. The first-order chi connectivity index (χ1) is 12.6. The van der Waals surface area contributed by atoms with E-state index in [0.717, 1.165) is 16.8 Å². The molecule has 0 saturated heterocycles. The third-order valence-corrected chi connectivity index (χ3v) is 3.55. The van der Waals surface area contributed by atoms with Crippen molar-refractivity contribution in [3.63, 3.8) is 0 Å². The van der Waals surface area contributed by atoms with Gasteiger partial charge in [0.1, 0.15) is 0 Å². The first kappa shape index (κ1) is 18.9. The Kier molecular flexibility index (Phi) is 7.13. The van der Waals surface area contributed by atoms with Crippen molar-refractivity contribution in [3.8, 4) is 0 Å². The van der Waals surface area contributed by atoms with E-state index in [1.807, 2.05) is 31.3 Å². The summed E-state index contributed by atoms with van der Waals surface area (Å²) in [4.78, 5) is 0. The fourth-order valence-corrected chi connectivity index (χ4v) is 2.21. The zero-order valence-corrected chi connectivity index (χ0v) is 14.8. The summed E-state index contributed by atoms with van der Waals surface area (Å²) in [6.07, 6.45) is 3.09. The van der Waals surface area contributed by atoms with Gasteiger partial charge >= 0.3 is 0 Å². The fourth-order valence-electron chi connectivity index (χ4n) is 1.85. The van der Waals surface area contributed by atoms with Gasteiger partial charge in [0.15, 0.2) is 0 Å². The van der Waals surface area contributed by atoms with E-state index in [9.17, 15) is 8.42 Å². The van der Waals surface area contributed by atoms with Crippen molar-refractivity contribution < 1.29 is 8.42 Å². The van der Waals surface area contributed by atoms with Gasteiger partial charge in [0.25, 0.3) is 0 Å². The van der Waals surface area contributed by atoms with Crippen LogP contribution in [0.25, 0.3) is 0 Å². The van der Waals surface area contributed by atoms with Gasteiger partial charge in [0.2, 0.25) is 16.8 Å². The Morgan fingerprint density at radius 2 is 1.35 bits per heavy atom. The molecule has 0 fully saturated rings. The molecule has 26 heavy (non-hydrogen) atoms. The Bertz CT molecular complexity index is 851. The van der Waals surface area contributed by atoms with Gasteiger partial charge in [0.05, 0.1) is 12.4 Å². The summed E-state index contributed by atoms with van der Waals surface area (Å²) >= 11 is 0. The summed E-state index contributed by atoms with van der Waals surface area (Å²) in [5, 5.41) is 18.5. The Hall–Kier alpha value is -3.40. The first-order valence-electron chi connectivity index (χ1n) is 7.52. The van der Waals surface area contributed by atoms with Gasteiger partial charge in [-0.3, -0.25) is 10.1 Å². The van der Waals surface area contributed by atoms with Crippen molar-refractivity contribution in [2.24, 2.45) is 10.2 Å². The topological polar surface area (TPSA) is 131 Å². The molecule has 0 heterocycles. The Morgan fingerprint density at radius 1 is 0.885 bits per heavy atom. The monoisotopic (exact) mass is 373 g/mol.